The highest BCUT2D eigenvalue weighted by atomic mass is 19.4. The number of halogens is 3. The number of anilines is 1. The van der Waals surface area contributed by atoms with Gasteiger partial charge in [0.1, 0.15) is 0 Å². The molecule has 4 nitrogen and oxygen atoms in total. The van der Waals surface area contributed by atoms with E-state index in [-0.39, 0.29) is 11.9 Å². The van der Waals surface area contributed by atoms with Crippen molar-refractivity contribution in [1.29, 1.82) is 0 Å². The van der Waals surface area contributed by atoms with Crippen LogP contribution in [-0.4, -0.2) is 11.9 Å². The van der Waals surface area contributed by atoms with Crippen LogP contribution >= 0.6 is 0 Å². The Morgan fingerprint density at radius 1 is 0.828 bits per heavy atom. The van der Waals surface area contributed by atoms with Gasteiger partial charge in [-0.2, -0.15) is 13.2 Å². The maximum atomic E-state index is 12.7. The molecule has 0 atom stereocenters. The van der Waals surface area contributed by atoms with Crippen molar-refractivity contribution in [3.05, 3.63) is 102 Å². The zero-order valence-electron chi connectivity index (χ0n) is 15.3. The topological polar surface area (TPSA) is 53.5 Å². The second-order valence-corrected chi connectivity index (χ2v) is 6.17. The third-order valence-corrected chi connectivity index (χ3v) is 4.01. The summed E-state index contributed by atoms with van der Waals surface area (Å²) in [5.41, 5.74) is 0.986. The van der Waals surface area contributed by atoms with E-state index in [0.29, 0.717) is 17.8 Å². The lowest BCUT2D eigenvalue weighted by Gasteiger charge is -2.13. The number of benzene rings is 3. The molecule has 29 heavy (non-hydrogen) atoms. The van der Waals surface area contributed by atoms with Crippen LogP contribution in [0.5, 0.6) is 0 Å². The van der Waals surface area contributed by atoms with E-state index in [9.17, 15) is 18.0 Å². The number of nitrogens with one attached hydrogen (secondary N) is 2. The molecule has 0 radical (unpaired) electrons. The smallest absolute Gasteiger partial charge is 0.326 e. The number of aliphatic imine (C=N–C) groups is 1. The number of alkyl halides is 3. The van der Waals surface area contributed by atoms with Gasteiger partial charge < -0.3 is 5.32 Å². The summed E-state index contributed by atoms with van der Waals surface area (Å²) in [7, 11) is 0. The van der Waals surface area contributed by atoms with Gasteiger partial charge in [-0.05, 0) is 42.0 Å². The fourth-order valence-corrected chi connectivity index (χ4v) is 2.51. The number of hydrogen-bond donors (Lipinski definition) is 2. The summed E-state index contributed by atoms with van der Waals surface area (Å²) < 4.78 is 38.2. The lowest BCUT2D eigenvalue weighted by atomic mass is 10.2. The molecule has 0 saturated carbocycles. The average Bonchev–Trinajstić information content (AvgIpc) is 2.73. The van der Waals surface area contributed by atoms with Crippen molar-refractivity contribution in [2.75, 3.05) is 5.32 Å². The highest BCUT2D eigenvalue weighted by Crippen LogP contribution is 2.29. The molecule has 0 saturated heterocycles. The normalized spacial score (nSPS) is 11.8. The van der Waals surface area contributed by atoms with Crippen LogP contribution in [0, 0.1) is 0 Å². The number of amides is 1. The minimum absolute atomic E-state index is 0.141. The summed E-state index contributed by atoms with van der Waals surface area (Å²) in [5, 5.41) is 5.55. The van der Waals surface area contributed by atoms with E-state index in [1.165, 1.54) is 12.1 Å². The van der Waals surface area contributed by atoms with E-state index >= 15 is 0 Å². The van der Waals surface area contributed by atoms with Gasteiger partial charge in [0.05, 0.1) is 12.1 Å². The maximum absolute atomic E-state index is 12.7. The van der Waals surface area contributed by atoms with Gasteiger partial charge in [-0.15, -0.1) is 0 Å². The molecule has 0 aliphatic heterocycles. The van der Waals surface area contributed by atoms with Crippen molar-refractivity contribution in [2.45, 2.75) is 12.7 Å². The molecule has 0 aliphatic carbocycles. The molecule has 0 fully saturated rings. The van der Waals surface area contributed by atoms with Gasteiger partial charge in [-0.1, -0.05) is 48.5 Å². The van der Waals surface area contributed by atoms with Gasteiger partial charge in [0.2, 0.25) is 5.96 Å². The Labute approximate surface area is 166 Å². The Bertz CT molecular complexity index is 970. The summed E-state index contributed by atoms with van der Waals surface area (Å²) in [5.74, 6) is -0.237. The van der Waals surface area contributed by atoms with E-state index < -0.39 is 11.7 Å². The molecule has 0 spiro atoms. The number of nitrogens with zero attached hydrogens (tertiary/aromatic N) is 1. The molecule has 1 amide bonds. The van der Waals surface area contributed by atoms with Crippen LogP contribution in [0.1, 0.15) is 21.5 Å². The van der Waals surface area contributed by atoms with E-state index in [2.05, 4.69) is 15.6 Å². The van der Waals surface area contributed by atoms with Crippen molar-refractivity contribution < 1.29 is 18.0 Å². The van der Waals surface area contributed by atoms with Gasteiger partial charge in [0.25, 0.3) is 5.91 Å². The number of carbonyl (C=O) groups is 1. The Hall–Kier alpha value is -3.61. The highest BCUT2D eigenvalue weighted by molar-refractivity contribution is 6.09. The SMILES string of the molecule is O=C(NC(=NCc1ccccc1)Nc1ccc(C(F)(F)F)cc1)c1ccccc1. The molecule has 0 aliphatic rings. The zero-order chi connectivity index (χ0) is 20.7. The van der Waals surface area contributed by atoms with Crippen molar-refractivity contribution >= 4 is 17.6 Å². The number of guanidine groups is 1. The molecule has 2 N–H and O–H groups in total. The van der Waals surface area contributed by atoms with Crippen LogP contribution in [0.2, 0.25) is 0 Å². The van der Waals surface area contributed by atoms with Crippen LogP contribution in [0.4, 0.5) is 18.9 Å². The lowest BCUT2D eigenvalue weighted by molar-refractivity contribution is -0.137. The minimum Gasteiger partial charge on any atom is -0.326 e. The van der Waals surface area contributed by atoms with Crippen LogP contribution in [0.25, 0.3) is 0 Å². The molecule has 0 unspecified atom stereocenters. The molecule has 3 rings (SSSR count). The van der Waals surface area contributed by atoms with E-state index in [4.69, 9.17) is 0 Å². The second-order valence-electron chi connectivity index (χ2n) is 6.17. The molecule has 0 heterocycles. The summed E-state index contributed by atoms with van der Waals surface area (Å²) >= 11 is 0. The van der Waals surface area contributed by atoms with Gasteiger partial charge in [-0.3, -0.25) is 10.1 Å². The predicted molar refractivity (Wildman–Crippen MR) is 107 cm³/mol. The van der Waals surface area contributed by atoms with Crippen molar-refractivity contribution in [3.63, 3.8) is 0 Å². The molecule has 3 aromatic rings. The van der Waals surface area contributed by atoms with Gasteiger partial charge in [-0.25, -0.2) is 4.99 Å². The van der Waals surface area contributed by atoms with Crippen LogP contribution in [0.3, 0.4) is 0 Å². The summed E-state index contributed by atoms with van der Waals surface area (Å²) in [4.78, 5) is 16.8. The van der Waals surface area contributed by atoms with Gasteiger partial charge in [0, 0.05) is 11.3 Å². The Kier molecular flexibility index (Phi) is 6.29. The molecular formula is C22H18F3N3O. The zero-order valence-corrected chi connectivity index (χ0v) is 15.3. The van der Waals surface area contributed by atoms with Crippen LogP contribution in [0.15, 0.2) is 89.9 Å². The molecule has 7 heteroatoms. The molecule has 148 valence electrons. The average molecular weight is 397 g/mol. The first-order valence-corrected chi connectivity index (χ1v) is 8.81. The van der Waals surface area contributed by atoms with Crippen LogP contribution < -0.4 is 10.6 Å². The largest absolute Gasteiger partial charge is 0.416 e. The van der Waals surface area contributed by atoms with E-state index in [0.717, 1.165) is 17.7 Å². The van der Waals surface area contributed by atoms with Crippen molar-refractivity contribution in [1.82, 2.24) is 5.32 Å². The van der Waals surface area contributed by atoms with E-state index in [1.54, 1.807) is 30.3 Å². The van der Waals surface area contributed by atoms with Crippen LogP contribution in [-0.2, 0) is 12.7 Å². The highest BCUT2D eigenvalue weighted by Gasteiger charge is 2.29. The third-order valence-electron chi connectivity index (χ3n) is 4.01. The fraction of sp³-hybridized carbons (Fsp3) is 0.0909. The molecular weight excluding hydrogens is 379 g/mol. The van der Waals surface area contributed by atoms with Crippen molar-refractivity contribution in [2.24, 2.45) is 4.99 Å². The first-order valence-electron chi connectivity index (χ1n) is 8.81. The lowest BCUT2D eigenvalue weighted by Crippen LogP contribution is -2.36. The molecule has 3 aromatic carbocycles. The monoisotopic (exact) mass is 397 g/mol. The minimum atomic E-state index is -4.41. The third kappa shape index (κ3) is 5.93. The van der Waals surface area contributed by atoms with Crippen molar-refractivity contribution in [3.8, 4) is 0 Å². The fourth-order valence-electron chi connectivity index (χ4n) is 2.51. The standard InChI is InChI=1S/C22H18F3N3O/c23-22(24,25)18-11-13-19(14-12-18)27-21(26-15-16-7-3-1-4-8-16)28-20(29)17-9-5-2-6-10-17/h1-14H,15H2,(H2,26,27,28,29). The molecule has 0 bridgehead atoms. The second kappa shape index (κ2) is 9.05. The summed E-state index contributed by atoms with van der Waals surface area (Å²) in [6, 6.07) is 22.5. The predicted octanol–water partition coefficient (Wildman–Crippen LogP) is 5.10. The first-order chi connectivity index (χ1) is 13.9. The first kappa shape index (κ1) is 20.1. The Morgan fingerprint density at radius 2 is 1.41 bits per heavy atom. The maximum Gasteiger partial charge on any atom is 0.416 e. The van der Waals surface area contributed by atoms with E-state index in [1.807, 2.05) is 30.3 Å². The summed E-state index contributed by atoms with van der Waals surface area (Å²) in [6.45, 7) is 0.291. The summed E-state index contributed by atoms with van der Waals surface area (Å²) in [6.07, 6.45) is -4.41. The molecule has 0 aromatic heterocycles. The number of hydrogen-bond acceptors (Lipinski definition) is 2. The Balaban J connectivity index is 1.79. The van der Waals surface area contributed by atoms with Gasteiger partial charge in [0.15, 0.2) is 0 Å². The quantitative estimate of drug-likeness (QED) is 0.475. The Morgan fingerprint density at radius 3 is 2.00 bits per heavy atom. The van der Waals surface area contributed by atoms with Gasteiger partial charge >= 0.3 is 6.18 Å². The number of rotatable bonds is 4. The number of carbonyl (C=O) groups excluding carboxylic acids is 1.